The lowest BCUT2D eigenvalue weighted by atomic mass is 10.2. The monoisotopic (exact) mass is 329 g/mol. The van der Waals surface area contributed by atoms with Crippen molar-refractivity contribution in [2.24, 2.45) is 0 Å². The Hall–Kier alpha value is -0.780. The van der Waals surface area contributed by atoms with E-state index in [4.69, 9.17) is 16.0 Å². The molecule has 2 heterocycles. The molecule has 1 aromatic carbocycles. The minimum Gasteiger partial charge on any atom is -0.423 e. The second-order valence-electron chi connectivity index (χ2n) is 4.48. The topological polar surface area (TPSA) is 41.3 Å². The molecule has 2 aromatic rings. The number of rotatable bonds is 1. The number of fused-ring (bicyclic) bond motifs is 1. The van der Waals surface area contributed by atoms with Crippen LogP contribution in [0.1, 0.15) is 6.92 Å². The van der Waals surface area contributed by atoms with Crippen LogP contribution >= 0.6 is 27.5 Å². The first-order chi connectivity index (χ1) is 8.65. The normalized spacial score (nSPS) is 20.6. The summed E-state index contributed by atoms with van der Waals surface area (Å²) >= 11 is 9.47. The highest BCUT2D eigenvalue weighted by atomic mass is 79.9. The molecule has 0 aliphatic carbocycles. The summed E-state index contributed by atoms with van der Waals surface area (Å²) in [7, 11) is 0. The molecule has 1 fully saturated rings. The fourth-order valence-electron chi connectivity index (χ4n) is 2.19. The van der Waals surface area contributed by atoms with Crippen LogP contribution in [0.2, 0.25) is 5.02 Å². The van der Waals surface area contributed by atoms with E-state index >= 15 is 0 Å². The van der Waals surface area contributed by atoms with Gasteiger partial charge in [0.25, 0.3) is 6.01 Å². The van der Waals surface area contributed by atoms with E-state index in [1.807, 2.05) is 6.07 Å². The molecule has 1 N–H and O–H groups in total. The molecule has 4 nitrogen and oxygen atoms in total. The highest BCUT2D eigenvalue weighted by Crippen LogP contribution is 2.31. The zero-order valence-electron chi connectivity index (χ0n) is 9.91. The van der Waals surface area contributed by atoms with Crippen LogP contribution < -0.4 is 10.2 Å². The maximum Gasteiger partial charge on any atom is 0.298 e. The van der Waals surface area contributed by atoms with Gasteiger partial charge in [0, 0.05) is 41.2 Å². The zero-order valence-corrected chi connectivity index (χ0v) is 12.3. The predicted molar refractivity (Wildman–Crippen MR) is 76.4 cm³/mol. The second kappa shape index (κ2) is 4.72. The number of benzene rings is 1. The van der Waals surface area contributed by atoms with E-state index in [0.717, 1.165) is 35.2 Å². The Balaban J connectivity index is 2.05. The summed E-state index contributed by atoms with van der Waals surface area (Å²) in [6, 6.07) is 4.67. The summed E-state index contributed by atoms with van der Waals surface area (Å²) in [6.45, 7) is 4.95. The molecule has 0 unspecified atom stereocenters. The minimum atomic E-state index is 0.376. The average molecular weight is 331 g/mol. The van der Waals surface area contributed by atoms with E-state index in [1.165, 1.54) is 0 Å². The highest BCUT2D eigenvalue weighted by Gasteiger charge is 2.23. The van der Waals surface area contributed by atoms with Gasteiger partial charge in [0.1, 0.15) is 5.52 Å². The number of nitrogens with one attached hydrogen (secondary N) is 1. The van der Waals surface area contributed by atoms with Gasteiger partial charge in [-0.25, -0.2) is 0 Å². The van der Waals surface area contributed by atoms with E-state index in [1.54, 1.807) is 6.07 Å². The number of nitrogens with zero attached hydrogens (tertiary/aromatic N) is 2. The molecule has 6 heteroatoms. The van der Waals surface area contributed by atoms with Crippen molar-refractivity contribution in [3.05, 3.63) is 21.6 Å². The molecule has 1 aromatic heterocycles. The molecular weight excluding hydrogens is 318 g/mol. The molecule has 1 aliphatic heterocycles. The summed E-state index contributed by atoms with van der Waals surface area (Å²) in [5.74, 6) is 0. The molecule has 18 heavy (non-hydrogen) atoms. The van der Waals surface area contributed by atoms with Crippen LogP contribution in [0.25, 0.3) is 11.1 Å². The van der Waals surface area contributed by atoms with Gasteiger partial charge >= 0.3 is 0 Å². The number of hydrogen-bond donors (Lipinski definition) is 1. The van der Waals surface area contributed by atoms with Crippen LogP contribution in [-0.2, 0) is 0 Å². The van der Waals surface area contributed by atoms with Crippen molar-refractivity contribution in [3.8, 4) is 0 Å². The van der Waals surface area contributed by atoms with Crippen LogP contribution in [0.3, 0.4) is 0 Å². The number of piperazine rings is 1. The van der Waals surface area contributed by atoms with Gasteiger partial charge in [0.05, 0.1) is 0 Å². The Morgan fingerprint density at radius 1 is 1.56 bits per heavy atom. The number of halogens is 2. The Labute approximate surface area is 118 Å². The van der Waals surface area contributed by atoms with Gasteiger partial charge in [-0.2, -0.15) is 4.98 Å². The van der Waals surface area contributed by atoms with Crippen molar-refractivity contribution >= 4 is 44.6 Å². The lowest BCUT2D eigenvalue weighted by Crippen LogP contribution is -2.50. The van der Waals surface area contributed by atoms with Crippen LogP contribution in [0, 0.1) is 0 Å². The third-order valence-electron chi connectivity index (χ3n) is 3.15. The van der Waals surface area contributed by atoms with Crippen molar-refractivity contribution in [1.29, 1.82) is 0 Å². The fourth-order valence-corrected chi connectivity index (χ4v) is 3.06. The van der Waals surface area contributed by atoms with Crippen LogP contribution in [0.15, 0.2) is 21.0 Å². The number of anilines is 1. The molecular formula is C12H13BrClN3O. The van der Waals surface area contributed by atoms with Gasteiger partial charge in [-0.1, -0.05) is 11.6 Å². The van der Waals surface area contributed by atoms with E-state index in [0.29, 0.717) is 17.1 Å². The van der Waals surface area contributed by atoms with Crippen molar-refractivity contribution in [2.75, 3.05) is 24.5 Å². The van der Waals surface area contributed by atoms with Gasteiger partial charge in [-0.05, 0) is 28.9 Å². The maximum absolute atomic E-state index is 6.01. The van der Waals surface area contributed by atoms with Crippen molar-refractivity contribution in [2.45, 2.75) is 13.0 Å². The lowest BCUT2D eigenvalue weighted by Gasteiger charge is -2.32. The third kappa shape index (κ3) is 2.11. The highest BCUT2D eigenvalue weighted by molar-refractivity contribution is 9.10. The Morgan fingerprint density at radius 2 is 2.39 bits per heavy atom. The van der Waals surface area contributed by atoms with Gasteiger partial charge in [0.2, 0.25) is 0 Å². The number of aromatic nitrogens is 1. The first-order valence-electron chi connectivity index (χ1n) is 5.88. The standard InChI is InChI=1S/C12H13BrClN3O/c1-7-6-15-2-3-17(7)12-16-11-9(13)4-8(14)5-10(11)18-12/h4-5,7,15H,2-3,6H2,1H3/t7-/m0/s1. The van der Waals surface area contributed by atoms with Gasteiger partial charge < -0.3 is 14.6 Å². The largest absolute Gasteiger partial charge is 0.423 e. The fraction of sp³-hybridized carbons (Fsp3) is 0.417. The maximum atomic E-state index is 6.01. The molecule has 1 saturated heterocycles. The van der Waals surface area contributed by atoms with Crippen LogP contribution in [0.4, 0.5) is 6.01 Å². The summed E-state index contributed by atoms with van der Waals surface area (Å²) in [6.07, 6.45) is 0. The molecule has 96 valence electrons. The molecule has 1 aliphatic rings. The summed E-state index contributed by atoms with van der Waals surface area (Å²) in [4.78, 5) is 6.73. The SMILES string of the molecule is C[C@H]1CNCCN1c1nc2c(Br)cc(Cl)cc2o1. The second-order valence-corrected chi connectivity index (χ2v) is 5.77. The first-order valence-corrected chi connectivity index (χ1v) is 7.05. The number of hydrogen-bond acceptors (Lipinski definition) is 4. The van der Waals surface area contributed by atoms with Crippen molar-refractivity contribution in [1.82, 2.24) is 10.3 Å². The number of oxazole rings is 1. The van der Waals surface area contributed by atoms with E-state index in [-0.39, 0.29) is 0 Å². The van der Waals surface area contributed by atoms with Crippen molar-refractivity contribution in [3.63, 3.8) is 0 Å². The van der Waals surface area contributed by atoms with Gasteiger partial charge in [-0.15, -0.1) is 0 Å². The Kier molecular flexibility index (Phi) is 3.21. The smallest absolute Gasteiger partial charge is 0.298 e. The molecule has 0 radical (unpaired) electrons. The van der Waals surface area contributed by atoms with Crippen LogP contribution in [-0.4, -0.2) is 30.7 Å². The molecule has 0 bridgehead atoms. The van der Waals surface area contributed by atoms with Gasteiger partial charge in [-0.3, -0.25) is 0 Å². The van der Waals surface area contributed by atoms with E-state index in [9.17, 15) is 0 Å². The van der Waals surface area contributed by atoms with E-state index < -0.39 is 0 Å². The van der Waals surface area contributed by atoms with Crippen LogP contribution in [0.5, 0.6) is 0 Å². The third-order valence-corrected chi connectivity index (χ3v) is 3.97. The minimum absolute atomic E-state index is 0.376. The lowest BCUT2D eigenvalue weighted by molar-refractivity contribution is 0.456. The molecule has 0 amide bonds. The zero-order chi connectivity index (χ0) is 12.7. The predicted octanol–water partition coefficient (Wildman–Crippen LogP) is 3.04. The molecule has 1 atom stereocenters. The first kappa shape index (κ1) is 12.3. The Morgan fingerprint density at radius 3 is 3.17 bits per heavy atom. The molecule has 3 rings (SSSR count). The van der Waals surface area contributed by atoms with Crippen molar-refractivity contribution < 1.29 is 4.42 Å². The average Bonchev–Trinajstić information content (AvgIpc) is 2.73. The summed E-state index contributed by atoms with van der Waals surface area (Å²) < 4.78 is 6.68. The molecule has 0 saturated carbocycles. The van der Waals surface area contributed by atoms with E-state index in [2.05, 4.69) is 38.1 Å². The molecule has 0 spiro atoms. The van der Waals surface area contributed by atoms with Gasteiger partial charge in [0.15, 0.2) is 5.58 Å². The summed E-state index contributed by atoms with van der Waals surface area (Å²) in [5.41, 5.74) is 1.54. The Bertz CT molecular complexity index is 586. The quantitative estimate of drug-likeness (QED) is 0.872. The summed E-state index contributed by atoms with van der Waals surface area (Å²) in [5, 5.41) is 3.99.